The fraction of sp³-hybridized carbons (Fsp3) is 0.429. The van der Waals surface area contributed by atoms with E-state index >= 15 is 0 Å². The van der Waals surface area contributed by atoms with Crippen molar-refractivity contribution in [3.8, 4) is 0 Å². The molecule has 0 aliphatic rings. The van der Waals surface area contributed by atoms with E-state index in [1.165, 1.54) is 6.33 Å². The van der Waals surface area contributed by atoms with Crippen LogP contribution in [0.5, 0.6) is 0 Å². The predicted molar refractivity (Wildman–Crippen MR) is 38.8 cm³/mol. The Kier molecular flexibility index (Phi) is 2.51. The Morgan fingerprint density at radius 2 is 2.27 bits per heavy atom. The first-order chi connectivity index (χ1) is 5.24. The molecule has 1 rings (SSSR count). The molecule has 2 N–H and O–H groups in total. The van der Waals surface area contributed by atoms with Crippen LogP contribution >= 0.6 is 0 Å². The highest BCUT2D eigenvalue weighted by molar-refractivity contribution is 5.08. The average molecular weight is 154 g/mol. The summed E-state index contributed by atoms with van der Waals surface area (Å²) in [6, 6.07) is 1.64. The molecule has 0 radical (unpaired) electrons. The molecule has 0 fully saturated rings. The maximum atomic E-state index is 9.11. The topological polar surface area (TPSA) is 66.2 Å². The van der Waals surface area contributed by atoms with Crippen LogP contribution in [0.3, 0.4) is 0 Å². The molecule has 1 atom stereocenters. The number of nitrogens with zero attached hydrogens (tertiary/aromatic N) is 2. The molecule has 0 amide bonds. The molecule has 1 aromatic rings. The van der Waals surface area contributed by atoms with Gasteiger partial charge < -0.3 is 10.2 Å². The third-order valence-electron chi connectivity index (χ3n) is 1.34. The van der Waals surface area contributed by atoms with E-state index in [1.807, 2.05) is 0 Å². The van der Waals surface area contributed by atoms with E-state index in [9.17, 15) is 0 Å². The molecule has 1 heterocycles. The monoisotopic (exact) mass is 154 g/mol. The zero-order chi connectivity index (χ0) is 8.27. The van der Waals surface area contributed by atoms with Crippen molar-refractivity contribution in [2.45, 2.75) is 13.0 Å². The highest BCUT2D eigenvalue weighted by atomic mass is 16.3. The van der Waals surface area contributed by atoms with E-state index in [4.69, 9.17) is 10.2 Å². The van der Waals surface area contributed by atoms with Crippen molar-refractivity contribution in [3.63, 3.8) is 0 Å². The number of aliphatic hydroxyl groups excluding tert-OH is 2. The van der Waals surface area contributed by atoms with Crippen LogP contribution in [0.2, 0.25) is 0 Å². The number of rotatable bonds is 2. The summed E-state index contributed by atoms with van der Waals surface area (Å²) >= 11 is 0. The quantitative estimate of drug-likeness (QED) is 0.619. The van der Waals surface area contributed by atoms with Crippen molar-refractivity contribution in [3.05, 3.63) is 23.8 Å². The molecule has 1 aromatic heterocycles. The molecule has 11 heavy (non-hydrogen) atoms. The van der Waals surface area contributed by atoms with Crippen molar-refractivity contribution < 1.29 is 10.2 Å². The van der Waals surface area contributed by atoms with Crippen LogP contribution in [-0.4, -0.2) is 26.8 Å². The van der Waals surface area contributed by atoms with Crippen molar-refractivity contribution in [1.29, 1.82) is 0 Å². The third kappa shape index (κ3) is 1.96. The highest BCUT2D eigenvalue weighted by Gasteiger charge is 2.06. The summed E-state index contributed by atoms with van der Waals surface area (Å²) in [7, 11) is 0. The highest BCUT2D eigenvalue weighted by Crippen LogP contribution is 2.07. The second-order valence-corrected chi connectivity index (χ2v) is 2.28. The zero-order valence-electron chi connectivity index (χ0n) is 6.23. The summed E-state index contributed by atoms with van der Waals surface area (Å²) in [5.41, 5.74) is 1.24. The van der Waals surface area contributed by atoms with Gasteiger partial charge in [-0.3, -0.25) is 0 Å². The number of hydrogen-bond acceptors (Lipinski definition) is 4. The third-order valence-corrected chi connectivity index (χ3v) is 1.34. The second kappa shape index (κ2) is 3.41. The number of aromatic nitrogens is 2. The van der Waals surface area contributed by atoms with Crippen LogP contribution in [0.1, 0.15) is 17.5 Å². The molecule has 0 saturated carbocycles. The molecule has 0 spiro atoms. The Balaban J connectivity index is 2.86. The summed E-state index contributed by atoms with van der Waals surface area (Å²) < 4.78 is 0. The van der Waals surface area contributed by atoms with Crippen LogP contribution in [-0.2, 0) is 0 Å². The van der Waals surface area contributed by atoms with Crippen LogP contribution in [0, 0.1) is 6.92 Å². The molecule has 0 aliphatic carbocycles. The van der Waals surface area contributed by atoms with Gasteiger partial charge in [-0.05, 0) is 13.0 Å². The van der Waals surface area contributed by atoms with Gasteiger partial charge in [0.05, 0.1) is 12.3 Å². The van der Waals surface area contributed by atoms with Gasteiger partial charge in [0.15, 0.2) is 0 Å². The Labute approximate surface area is 64.6 Å². The van der Waals surface area contributed by atoms with Crippen molar-refractivity contribution in [1.82, 2.24) is 9.97 Å². The van der Waals surface area contributed by atoms with Crippen LogP contribution in [0.25, 0.3) is 0 Å². The molecule has 0 bridgehead atoms. The van der Waals surface area contributed by atoms with Crippen molar-refractivity contribution >= 4 is 0 Å². The Morgan fingerprint density at radius 3 is 2.82 bits per heavy atom. The standard InChI is InChI=1S/C7H10N2O2/c1-5-2-6(7(11)3-10)9-4-8-5/h2,4,7,10-11H,3H2,1H3. The van der Waals surface area contributed by atoms with E-state index in [2.05, 4.69) is 9.97 Å². The average Bonchev–Trinajstić information content (AvgIpc) is 2.03. The molecular formula is C7H10N2O2. The lowest BCUT2D eigenvalue weighted by atomic mass is 10.2. The lowest BCUT2D eigenvalue weighted by Crippen LogP contribution is -2.05. The molecule has 1 unspecified atom stereocenters. The molecular weight excluding hydrogens is 144 g/mol. The first kappa shape index (κ1) is 8.10. The van der Waals surface area contributed by atoms with Gasteiger partial charge in [0.25, 0.3) is 0 Å². The fourth-order valence-corrected chi connectivity index (χ4v) is 0.751. The maximum absolute atomic E-state index is 9.11. The van der Waals surface area contributed by atoms with Gasteiger partial charge in [0, 0.05) is 5.69 Å². The van der Waals surface area contributed by atoms with Gasteiger partial charge in [-0.15, -0.1) is 0 Å². The summed E-state index contributed by atoms with van der Waals surface area (Å²) in [5, 5.41) is 17.7. The molecule has 0 saturated heterocycles. The van der Waals surface area contributed by atoms with Gasteiger partial charge in [-0.2, -0.15) is 0 Å². The summed E-state index contributed by atoms with van der Waals surface area (Å²) in [5.74, 6) is 0. The van der Waals surface area contributed by atoms with Crippen molar-refractivity contribution in [2.75, 3.05) is 6.61 Å². The minimum absolute atomic E-state index is 0.309. The fourth-order valence-electron chi connectivity index (χ4n) is 0.751. The molecule has 60 valence electrons. The SMILES string of the molecule is Cc1cc(C(O)CO)ncn1. The Bertz CT molecular complexity index is 240. The normalized spacial score (nSPS) is 13.0. The van der Waals surface area contributed by atoms with E-state index in [0.29, 0.717) is 5.69 Å². The minimum atomic E-state index is -0.892. The van der Waals surface area contributed by atoms with Gasteiger partial charge >= 0.3 is 0 Å². The van der Waals surface area contributed by atoms with E-state index < -0.39 is 6.10 Å². The second-order valence-electron chi connectivity index (χ2n) is 2.28. The molecule has 4 nitrogen and oxygen atoms in total. The molecule has 0 aromatic carbocycles. The van der Waals surface area contributed by atoms with Crippen molar-refractivity contribution in [2.24, 2.45) is 0 Å². The predicted octanol–water partition coefficient (Wildman–Crippen LogP) is -0.189. The Morgan fingerprint density at radius 1 is 1.55 bits per heavy atom. The van der Waals surface area contributed by atoms with Gasteiger partial charge in [0.2, 0.25) is 0 Å². The first-order valence-electron chi connectivity index (χ1n) is 3.31. The largest absolute Gasteiger partial charge is 0.393 e. The number of aliphatic hydroxyl groups is 2. The van der Waals surface area contributed by atoms with E-state index in [1.54, 1.807) is 13.0 Å². The summed E-state index contributed by atoms with van der Waals surface area (Å²) in [6.45, 7) is 1.49. The lowest BCUT2D eigenvalue weighted by molar-refractivity contribution is 0.0921. The van der Waals surface area contributed by atoms with Crippen LogP contribution in [0.15, 0.2) is 12.4 Å². The Hall–Kier alpha value is -1.00. The smallest absolute Gasteiger partial charge is 0.119 e. The van der Waals surface area contributed by atoms with Crippen LogP contribution < -0.4 is 0 Å². The van der Waals surface area contributed by atoms with Gasteiger partial charge in [-0.25, -0.2) is 9.97 Å². The summed E-state index contributed by atoms with van der Waals surface area (Å²) in [4.78, 5) is 7.64. The van der Waals surface area contributed by atoms with E-state index in [0.717, 1.165) is 5.69 Å². The first-order valence-corrected chi connectivity index (χ1v) is 3.31. The van der Waals surface area contributed by atoms with E-state index in [-0.39, 0.29) is 6.61 Å². The van der Waals surface area contributed by atoms with Gasteiger partial charge in [-0.1, -0.05) is 0 Å². The number of aryl methyl sites for hydroxylation is 1. The summed E-state index contributed by atoms with van der Waals surface area (Å²) in [6.07, 6.45) is 0.473. The lowest BCUT2D eigenvalue weighted by Gasteiger charge is -2.05. The molecule has 4 heteroatoms. The zero-order valence-corrected chi connectivity index (χ0v) is 6.23. The maximum Gasteiger partial charge on any atom is 0.119 e. The molecule has 0 aliphatic heterocycles. The van der Waals surface area contributed by atoms with Crippen LogP contribution in [0.4, 0.5) is 0 Å². The number of hydrogen-bond donors (Lipinski definition) is 2. The minimum Gasteiger partial charge on any atom is -0.393 e. The van der Waals surface area contributed by atoms with Gasteiger partial charge in [0.1, 0.15) is 12.4 Å².